The van der Waals surface area contributed by atoms with E-state index in [4.69, 9.17) is 4.74 Å². The summed E-state index contributed by atoms with van der Waals surface area (Å²) in [5.74, 6) is -1.77. The van der Waals surface area contributed by atoms with E-state index < -0.39 is 35.1 Å². The highest BCUT2D eigenvalue weighted by Crippen LogP contribution is 2.46. The average molecular weight is 866 g/mol. The predicted octanol–water partition coefficient (Wildman–Crippen LogP) is 6.01. The van der Waals surface area contributed by atoms with Gasteiger partial charge in [-0.2, -0.15) is 5.26 Å². The Labute approximate surface area is 372 Å². The molecule has 3 fully saturated rings. The number of ketones is 1. The van der Waals surface area contributed by atoms with Gasteiger partial charge in [0.2, 0.25) is 17.7 Å². The van der Waals surface area contributed by atoms with E-state index in [1.807, 2.05) is 24.0 Å². The molecule has 64 heavy (non-hydrogen) atoms. The molecule has 3 saturated heterocycles. The number of benzene rings is 3. The molecule has 0 radical (unpaired) electrons. The highest BCUT2D eigenvalue weighted by molar-refractivity contribution is 6.24. The maximum Gasteiger partial charge on any atom is 0.266 e. The van der Waals surface area contributed by atoms with E-state index in [0.717, 1.165) is 84.5 Å². The van der Waals surface area contributed by atoms with Crippen LogP contribution >= 0.6 is 0 Å². The zero-order chi connectivity index (χ0) is 45.0. The molecule has 2 unspecified atom stereocenters. The number of aromatic nitrogens is 1. The van der Waals surface area contributed by atoms with Crippen LogP contribution in [0.25, 0.3) is 10.9 Å². The fraction of sp³-hybridized carbons (Fsp3) is 0.460. The molecule has 0 saturated carbocycles. The Morgan fingerprint density at radius 3 is 2.39 bits per heavy atom. The average Bonchev–Trinajstić information content (AvgIpc) is 3.81. The topological polar surface area (TPSA) is 176 Å². The van der Waals surface area contributed by atoms with Gasteiger partial charge >= 0.3 is 0 Å². The lowest BCUT2D eigenvalue weighted by molar-refractivity contribution is -0.136. The van der Waals surface area contributed by atoms with Gasteiger partial charge in [-0.15, -0.1) is 0 Å². The number of H-pyrrole nitrogens is 1. The minimum Gasteiger partial charge on any atom is -0.490 e. The maximum atomic E-state index is 14.1. The van der Waals surface area contributed by atoms with Crippen molar-refractivity contribution in [3.05, 3.63) is 93.2 Å². The molecule has 0 spiro atoms. The number of ether oxygens (including phenoxy) is 1. The van der Waals surface area contributed by atoms with E-state index in [1.165, 1.54) is 11.3 Å². The summed E-state index contributed by atoms with van der Waals surface area (Å²) < 4.78 is 6.17. The molecule has 14 heteroatoms. The van der Waals surface area contributed by atoms with Gasteiger partial charge in [0, 0.05) is 91.4 Å². The summed E-state index contributed by atoms with van der Waals surface area (Å²) in [6.45, 7) is 13.4. The second-order valence-electron chi connectivity index (χ2n) is 18.5. The zero-order valence-corrected chi connectivity index (χ0v) is 37.1. The van der Waals surface area contributed by atoms with Crippen LogP contribution in [0.2, 0.25) is 0 Å². The maximum absolute atomic E-state index is 14.1. The van der Waals surface area contributed by atoms with Crippen LogP contribution in [0, 0.1) is 11.3 Å². The van der Waals surface area contributed by atoms with Crippen LogP contribution in [-0.4, -0.2) is 112 Å². The van der Waals surface area contributed by atoms with Gasteiger partial charge in [0.15, 0.2) is 5.78 Å². The van der Waals surface area contributed by atoms with Gasteiger partial charge in [0.1, 0.15) is 11.8 Å². The van der Waals surface area contributed by atoms with Crippen molar-refractivity contribution >= 4 is 51.9 Å². The molecule has 2 atom stereocenters. The van der Waals surface area contributed by atoms with Crippen LogP contribution in [0.1, 0.15) is 138 Å². The molecule has 332 valence electrons. The molecule has 4 aliphatic heterocycles. The van der Waals surface area contributed by atoms with Gasteiger partial charge in [0.05, 0.1) is 34.4 Å². The van der Waals surface area contributed by atoms with E-state index in [0.29, 0.717) is 49.5 Å². The number of hydrogen-bond acceptors (Lipinski definition) is 10. The van der Waals surface area contributed by atoms with Crippen molar-refractivity contribution in [2.75, 3.05) is 44.2 Å². The number of aryl methyl sites for hydroxylation is 1. The van der Waals surface area contributed by atoms with Crippen molar-refractivity contribution in [1.29, 1.82) is 5.26 Å². The highest BCUT2D eigenvalue weighted by Gasteiger charge is 2.46. The molecule has 5 heterocycles. The molecule has 4 aromatic rings. The molecule has 0 bridgehead atoms. The first-order chi connectivity index (χ1) is 30.8. The Kier molecular flexibility index (Phi) is 11.4. The molecule has 2 N–H and O–H groups in total. The molecule has 14 nitrogen and oxygen atoms in total. The zero-order valence-electron chi connectivity index (χ0n) is 37.1. The highest BCUT2D eigenvalue weighted by atomic mass is 16.5. The largest absolute Gasteiger partial charge is 0.490 e. The number of imide groups is 2. The molecular weight excluding hydrogens is 811 g/mol. The van der Waals surface area contributed by atoms with Crippen molar-refractivity contribution in [2.24, 2.45) is 0 Å². The standard InChI is InChI=1S/C50H55N7O7/c1-5-31-26-35-36(50(3,4)46-44(45(35)60)33-14-13-30(28-51)25-37(33)52-46)27-39(31)55-19-17-32(18-20-55)54-21-23-56(24-22-54)42(59)12-7-6-9-29(2)64-40-11-8-10-34-43(40)49(63)57(48(34)62)38-15-16-41(58)53-47(38)61/h8,10-11,13-14,25-27,29,32,38,52H,5-7,9,12,15-24H2,1-4H3,(H,53,58,61). The number of aromatic amines is 1. The summed E-state index contributed by atoms with van der Waals surface area (Å²) in [6, 6.07) is 16.3. The van der Waals surface area contributed by atoms with E-state index >= 15 is 0 Å². The number of unbranched alkanes of at least 4 members (excludes halogenated alkanes) is 1. The summed E-state index contributed by atoms with van der Waals surface area (Å²) in [5, 5.41) is 12.6. The first-order valence-corrected chi connectivity index (χ1v) is 22.8. The summed E-state index contributed by atoms with van der Waals surface area (Å²) in [7, 11) is 0. The summed E-state index contributed by atoms with van der Waals surface area (Å²) >= 11 is 0. The van der Waals surface area contributed by atoms with Gasteiger partial charge in [0.25, 0.3) is 11.8 Å². The van der Waals surface area contributed by atoms with E-state index in [9.17, 15) is 34.0 Å². The fourth-order valence-electron chi connectivity index (χ4n) is 10.7. The van der Waals surface area contributed by atoms with Gasteiger partial charge in [-0.05, 0) is 99.4 Å². The van der Waals surface area contributed by atoms with Crippen molar-refractivity contribution < 1.29 is 33.5 Å². The number of rotatable bonds is 11. The first-order valence-electron chi connectivity index (χ1n) is 22.8. The smallest absolute Gasteiger partial charge is 0.266 e. The van der Waals surface area contributed by atoms with Crippen LogP contribution in [-0.2, 0) is 26.2 Å². The lowest BCUT2D eigenvalue weighted by atomic mass is 9.70. The van der Waals surface area contributed by atoms with Crippen molar-refractivity contribution in [2.45, 2.75) is 109 Å². The van der Waals surface area contributed by atoms with Gasteiger partial charge in [-0.3, -0.25) is 43.9 Å². The number of piperidine rings is 2. The monoisotopic (exact) mass is 865 g/mol. The van der Waals surface area contributed by atoms with Crippen LogP contribution < -0.4 is 15.0 Å². The molecule has 9 rings (SSSR count). The van der Waals surface area contributed by atoms with Crippen molar-refractivity contribution in [3.63, 3.8) is 0 Å². The summed E-state index contributed by atoms with van der Waals surface area (Å²) in [6.07, 6.45) is 5.29. The molecular formula is C50H55N7O7. The summed E-state index contributed by atoms with van der Waals surface area (Å²) in [5.41, 5.74) is 7.04. The van der Waals surface area contributed by atoms with Crippen LogP contribution in [0.4, 0.5) is 5.69 Å². The van der Waals surface area contributed by atoms with Crippen LogP contribution in [0.3, 0.4) is 0 Å². The number of piperazine rings is 1. The third-order valence-corrected chi connectivity index (χ3v) is 14.3. The van der Waals surface area contributed by atoms with Crippen molar-refractivity contribution in [3.8, 4) is 11.8 Å². The Bertz CT molecular complexity index is 2640. The molecule has 5 aliphatic rings. The van der Waals surface area contributed by atoms with Crippen LogP contribution in [0.5, 0.6) is 5.75 Å². The van der Waals surface area contributed by atoms with E-state index in [-0.39, 0.29) is 47.5 Å². The number of nitrogens with one attached hydrogen (secondary N) is 2. The summed E-state index contributed by atoms with van der Waals surface area (Å²) in [4.78, 5) is 89.7. The number of hydrogen-bond donors (Lipinski definition) is 2. The quantitative estimate of drug-likeness (QED) is 0.134. The Morgan fingerprint density at radius 2 is 1.67 bits per heavy atom. The molecule has 1 aromatic heterocycles. The number of nitrogens with zero attached hydrogens (tertiary/aromatic N) is 5. The van der Waals surface area contributed by atoms with E-state index in [1.54, 1.807) is 24.3 Å². The second kappa shape index (κ2) is 17.0. The number of anilines is 1. The molecule has 3 aromatic carbocycles. The minimum absolute atomic E-state index is 0.0348. The lowest BCUT2D eigenvalue weighted by Crippen LogP contribution is -2.54. The third kappa shape index (κ3) is 7.53. The number of fused-ring (bicyclic) bond motifs is 5. The number of carbonyl (C=O) groups excluding carboxylic acids is 6. The number of amides is 5. The Hall–Kier alpha value is -6.33. The first kappa shape index (κ1) is 42.9. The third-order valence-electron chi connectivity index (χ3n) is 14.3. The fourth-order valence-corrected chi connectivity index (χ4v) is 10.7. The van der Waals surface area contributed by atoms with Gasteiger partial charge < -0.3 is 19.5 Å². The minimum atomic E-state index is -1.04. The van der Waals surface area contributed by atoms with Gasteiger partial charge in [-0.1, -0.05) is 32.9 Å². The van der Waals surface area contributed by atoms with Crippen molar-refractivity contribution in [1.82, 2.24) is 25.0 Å². The normalized spacial score (nSPS) is 20.5. The molecule has 5 amide bonds. The SMILES string of the molecule is CCc1cc2c(cc1N1CCC(N3CCN(C(=O)CCCCC(C)Oc4cccc5c4C(=O)N(C4CCC(=O)NC4=O)C5=O)CC3)CC1)C(C)(C)c1[nH]c3cc(C#N)ccc3c1C2=O. The number of nitriles is 1. The number of carbonyl (C=O) groups is 6. The molecule has 1 aliphatic carbocycles. The predicted molar refractivity (Wildman–Crippen MR) is 239 cm³/mol. The van der Waals surface area contributed by atoms with E-state index in [2.05, 4.69) is 59.1 Å². The lowest BCUT2D eigenvalue weighted by Gasteiger charge is -2.44. The Balaban J connectivity index is 0.741. The van der Waals surface area contributed by atoms with Gasteiger partial charge in [-0.25, -0.2) is 0 Å². The van der Waals surface area contributed by atoms with Crippen LogP contribution in [0.15, 0.2) is 48.5 Å². The second-order valence-corrected chi connectivity index (χ2v) is 18.5. The Morgan fingerprint density at radius 1 is 0.906 bits per heavy atom.